The Morgan fingerprint density at radius 2 is 1.67 bits per heavy atom. The highest BCUT2D eigenvalue weighted by atomic mass is 15.3. The third-order valence-corrected chi connectivity index (χ3v) is 3.80. The first-order valence-corrected chi connectivity index (χ1v) is 6.86. The molecule has 0 unspecified atom stereocenters. The Hall–Kier alpha value is -0.0800. The van der Waals surface area contributed by atoms with E-state index in [1.54, 1.807) is 0 Å². The van der Waals surface area contributed by atoms with Gasteiger partial charge in [0.05, 0.1) is 0 Å². The van der Waals surface area contributed by atoms with Crippen molar-refractivity contribution in [2.75, 3.05) is 32.7 Å². The molecule has 1 aliphatic heterocycles. The van der Waals surface area contributed by atoms with Crippen molar-refractivity contribution < 1.29 is 0 Å². The molecule has 0 bridgehead atoms. The maximum Gasteiger partial charge on any atom is 0.0113 e. The summed E-state index contributed by atoms with van der Waals surface area (Å²) in [7, 11) is 0. The predicted octanol–water partition coefficient (Wildman–Crippen LogP) is 2.35. The van der Waals surface area contributed by atoms with E-state index in [1.165, 1.54) is 71.2 Å². The van der Waals surface area contributed by atoms with Crippen LogP contribution in [-0.2, 0) is 0 Å². The summed E-state index contributed by atoms with van der Waals surface area (Å²) in [6.45, 7) is 8.94. The summed E-state index contributed by atoms with van der Waals surface area (Å²) in [6, 6.07) is 0.979. The van der Waals surface area contributed by atoms with Crippen LogP contribution in [0, 0.1) is 0 Å². The molecule has 0 aromatic heterocycles. The second kappa shape index (κ2) is 5.86. The van der Waals surface area contributed by atoms with Crippen molar-refractivity contribution in [3.05, 3.63) is 0 Å². The van der Waals surface area contributed by atoms with Gasteiger partial charge in [0, 0.05) is 32.2 Å². The van der Waals surface area contributed by atoms with Crippen LogP contribution in [0.3, 0.4) is 0 Å². The summed E-state index contributed by atoms with van der Waals surface area (Å²) in [5.41, 5.74) is 0. The molecule has 0 atom stereocenters. The minimum atomic E-state index is 0.979. The molecule has 1 saturated carbocycles. The van der Waals surface area contributed by atoms with Crippen LogP contribution in [0.25, 0.3) is 0 Å². The van der Waals surface area contributed by atoms with Gasteiger partial charge in [-0.25, -0.2) is 0 Å². The van der Waals surface area contributed by atoms with E-state index in [9.17, 15) is 0 Å². The molecule has 0 aromatic carbocycles. The second-order valence-corrected chi connectivity index (χ2v) is 5.17. The molecule has 1 saturated heterocycles. The van der Waals surface area contributed by atoms with Crippen molar-refractivity contribution in [3.63, 3.8) is 0 Å². The van der Waals surface area contributed by atoms with Gasteiger partial charge >= 0.3 is 0 Å². The van der Waals surface area contributed by atoms with Crippen LogP contribution >= 0.6 is 0 Å². The Kier molecular flexibility index (Phi) is 4.45. The van der Waals surface area contributed by atoms with Gasteiger partial charge in [0.15, 0.2) is 0 Å². The minimum absolute atomic E-state index is 0.979. The molecule has 2 heteroatoms. The normalized spacial score (nSPS) is 24.6. The highest BCUT2D eigenvalue weighted by Crippen LogP contribution is 2.27. The van der Waals surface area contributed by atoms with Crippen molar-refractivity contribution in [3.8, 4) is 0 Å². The molecule has 0 amide bonds. The molecular weight excluding hydrogens is 184 g/mol. The lowest BCUT2D eigenvalue weighted by Gasteiger charge is -2.34. The second-order valence-electron chi connectivity index (χ2n) is 5.17. The highest BCUT2D eigenvalue weighted by Gasteiger charge is 2.30. The fraction of sp³-hybridized carbons (Fsp3) is 1.00. The van der Waals surface area contributed by atoms with E-state index in [-0.39, 0.29) is 0 Å². The van der Waals surface area contributed by atoms with Gasteiger partial charge in [-0.1, -0.05) is 26.2 Å². The van der Waals surface area contributed by atoms with E-state index in [0.717, 1.165) is 6.04 Å². The number of rotatable bonds is 6. The summed E-state index contributed by atoms with van der Waals surface area (Å²) in [5.74, 6) is 0. The zero-order valence-corrected chi connectivity index (χ0v) is 10.2. The van der Waals surface area contributed by atoms with Gasteiger partial charge in [-0.2, -0.15) is 0 Å². The number of hydrogen-bond donors (Lipinski definition) is 0. The maximum absolute atomic E-state index is 2.70. The van der Waals surface area contributed by atoms with Gasteiger partial charge in [0.2, 0.25) is 0 Å². The fourth-order valence-electron chi connectivity index (χ4n) is 2.55. The molecule has 0 N–H and O–H groups in total. The summed E-state index contributed by atoms with van der Waals surface area (Å²) in [5, 5.41) is 0. The SMILES string of the molecule is CCCCCCN1CCN(C2CC2)CC1. The average Bonchev–Trinajstić information content (AvgIpc) is 3.09. The Labute approximate surface area is 94.6 Å². The van der Waals surface area contributed by atoms with Gasteiger partial charge in [0.1, 0.15) is 0 Å². The molecule has 0 aromatic rings. The van der Waals surface area contributed by atoms with Crippen LogP contribution in [0.2, 0.25) is 0 Å². The number of piperazine rings is 1. The topological polar surface area (TPSA) is 6.48 Å². The highest BCUT2D eigenvalue weighted by molar-refractivity contribution is 4.87. The van der Waals surface area contributed by atoms with Crippen LogP contribution in [0.1, 0.15) is 45.4 Å². The molecule has 2 rings (SSSR count). The lowest BCUT2D eigenvalue weighted by atomic mass is 10.2. The smallest absolute Gasteiger partial charge is 0.0113 e. The summed E-state index contributed by atoms with van der Waals surface area (Å²) in [4.78, 5) is 5.36. The third kappa shape index (κ3) is 3.76. The molecule has 0 radical (unpaired) electrons. The lowest BCUT2D eigenvalue weighted by Crippen LogP contribution is -2.47. The molecule has 1 aliphatic carbocycles. The average molecular weight is 210 g/mol. The van der Waals surface area contributed by atoms with Crippen molar-refractivity contribution in [1.29, 1.82) is 0 Å². The fourth-order valence-corrected chi connectivity index (χ4v) is 2.55. The predicted molar refractivity (Wildman–Crippen MR) is 65.2 cm³/mol. The molecule has 1 heterocycles. The maximum atomic E-state index is 2.70. The van der Waals surface area contributed by atoms with Crippen molar-refractivity contribution in [2.45, 2.75) is 51.5 Å². The standard InChI is InChI=1S/C13H26N2/c1-2-3-4-5-8-14-9-11-15(12-10-14)13-6-7-13/h13H,2-12H2,1H3. The van der Waals surface area contributed by atoms with Crippen LogP contribution in [0.15, 0.2) is 0 Å². The summed E-state index contributed by atoms with van der Waals surface area (Å²) in [6.07, 6.45) is 8.56. The molecule has 0 spiro atoms. The molecular formula is C13H26N2. The van der Waals surface area contributed by atoms with Gasteiger partial charge < -0.3 is 4.90 Å². The monoisotopic (exact) mass is 210 g/mol. The largest absolute Gasteiger partial charge is 0.301 e. The first-order valence-electron chi connectivity index (χ1n) is 6.86. The Morgan fingerprint density at radius 1 is 0.933 bits per heavy atom. The summed E-state index contributed by atoms with van der Waals surface area (Å²) >= 11 is 0. The van der Waals surface area contributed by atoms with Gasteiger partial charge in [-0.05, 0) is 25.8 Å². The first kappa shape index (κ1) is 11.4. The molecule has 2 aliphatic rings. The zero-order valence-electron chi connectivity index (χ0n) is 10.2. The van der Waals surface area contributed by atoms with Crippen molar-refractivity contribution in [1.82, 2.24) is 9.80 Å². The van der Waals surface area contributed by atoms with Crippen LogP contribution in [0.4, 0.5) is 0 Å². The lowest BCUT2D eigenvalue weighted by molar-refractivity contribution is 0.125. The van der Waals surface area contributed by atoms with Crippen LogP contribution in [-0.4, -0.2) is 48.6 Å². The number of unbranched alkanes of at least 4 members (excludes halogenated alkanes) is 3. The summed E-state index contributed by atoms with van der Waals surface area (Å²) < 4.78 is 0. The Balaban J connectivity index is 1.53. The molecule has 88 valence electrons. The zero-order chi connectivity index (χ0) is 10.5. The van der Waals surface area contributed by atoms with E-state index < -0.39 is 0 Å². The van der Waals surface area contributed by atoms with E-state index in [0.29, 0.717) is 0 Å². The third-order valence-electron chi connectivity index (χ3n) is 3.80. The van der Waals surface area contributed by atoms with Crippen LogP contribution in [0.5, 0.6) is 0 Å². The van der Waals surface area contributed by atoms with Gasteiger partial charge in [-0.3, -0.25) is 4.90 Å². The number of nitrogens with zero attached hydrogens (tertiary/aromatic N) is 2. The van der Waals surface area contributed by atoms with E-state index in [2.05, 4.69) is 16.7 Å². The van der Waals surface area contributed by atoms with Gasteiger partial charge in [-0.15, -0.1) is 0 Å². The molecule has 2 nitrogen and oxygen atoms in total. The van der Waals surface area contributed by atoms with Crippen LogP contribution < -0.4 is 0 Å². The Bertz CT molecular complexity index is 169. The molecule has 15 heavy (non-hydrogen) atoms. The van der Waals surface area contributed by atoms with Crippen molar-refractivity contribution >= 4 is 0 Å². The minimum Gasteiger partial charge on any atom is -0.301 e. The van der Waals surface area contributed by atoms with E-state index in [4.69, 9.17) is 0 Å². The van der Waals surface area contributed by atoms with Gasteiger partial charge in [0.25, 0.3) is 0 Å². The van der Waals surface area contributed by atoms with E-state index >= 15 is 0 Å². The van der Waals surface area contributed by atoms with Crippen molar-refractivity contribution in [2.24, 2.45) is 0 Å². The quantitative estimate of drug-likeness (QED) is 0.621. The number of hydrogen-bond acceptors (Lipinski definition) is 2. The first-order chi connectivity index (χ1) is 7.40. The molecule has 2 fully saturated rings. The van der Waals surface area contributed by atoms with E-state index in [1.807, 2.05) is 0 Å². The Morgan fingerprint density at radius 3 is 2.27 bits per heavy atom.